The first-order valence-electron chi connectivity index (χ1n) is 6.96. The molecule has 0 aliphatic heterocycles. The predicted octanol–water partition coefficient (Wildman–Crippen LogP) is 4.61. The van der Waals surface area contributed by atoms with Crippen molar-refractivity contribution in [3.63, 3.8) is 0 Å². The number of nitrogens with one attached hydrogen (secondary N) is 1. The predicted molar refractivity (Wildman–Crippen MR) is 79.3 cm³/mol. The molecule has 1 aromatic rings. The van der Waals surface area contributed by atoms with Gasteiger partial charge in [-0.1, -0.05) is 30.2 Å². The average Bonchev–Trinajstić information content (AvgIpc) is 2.73. The summed E-state index contributed by atoms with van der Waals surface area (Å²) >= 11 is 6.11. The molecule has 2 unspecified atom stereocenters. The number of halogens is 1. The van der Waals surface area contributed by atoms with Gasteiger partial charge in [-0.3, -0.25) is 0 Å². The summed E-state index contributed by atoms with van der Waals surface area (Å²) in [6.45, 7) is 7.81. The molecule has 1 saturated carbocycles. The van der Waals surface area contributed by atoms with Crippen molar-refractivity contribution in [3.05, 3.63) is 34.9 Å². The number of hydrogen-bond donors (Lipinski definition) is 1. The van der Waals surface area contributed by atoms with Crippen LogP contribution in [0.4, 0.5) is 0 Å². The highest BCUT2D eigenvalue weighted by molar-refractivity contribution is 6.30. The quantitative estimate of drug-likeness (QED) is 0.841. The van der Waals surface area contributed by atoms with Crippen molar-refractivity contribution < 1.29 is 0 Å². The Bertz CT molecular complexity index is 394. The molecule has 0 saturated heterocycles. The first-order valence-corrected chi connectivity index (χ1v) is 7.34. The molecular formula is C16H24ClN. The summed E-state index contributed by atoms with van der Waals surface area (Å²) in [6.07, 6.45) is 3.98. The molecule has 1 aromatic carbocycles. The zero-order valence-corrected chi connectivity index (χ0v) is 12.4. The minimum Gasteiger partial charge on any atom is -0.312 e. The van der Waals surface area contributed by atoms with E-state index in [1.54, 1.807) is 0 Å². The van der Waals surface area contributed by atoms with Crippen LogP contribution >= 0.6 is 11.6 Å². The Kier molecular flexibility index (Phi) is 4.34. The summed E-state index contributed by atoms with van der Waals surface area (Å²) in [7, 11) is 0. The molecule has 18 heavy (non-hydrogen) atoms. The van der Waals surface area contributed by atoms with Gasteiger partial charge in [0.2, 0.25) is 0 Å². The minimum atomic E-state index is 0.210. The van der Waals surface area contributed by atoms with Gasteiger partial charge in [0, 0.05) is 10.6 Å². The first-order chi connectivity index (χ1) is 8.46. The fraction of sp³-hybridized carbons (Fsp3) is 0.625. The largest absolute Gasteiger partial charge is 0.312 e. The molecule has 0 spiro atoms. The Morgan fingerprint density at radius 2 is 2.06 bits per heavy atom. The second kappa shape index (κ2) is 5.63. The maximum atomic E-state index is 6.11. The van der Waals surface area contributed by atoms with E-state index in [9.17, 15) is 0 Å². The standard InChI is InChI=1S/C16H24ClN/c1-16(2,3)18-11-13-7-5-9-15(13)12-6-4-8-14(17)10-12/h4,6,8,10,13,15,18H,5,7,9,11H2,1-3H3. The van der Waals surface area contributed by atoms with Crippen molar-refractivity contribution in [3.8, 4) is 0 Å². The average molecular weight is 266 g/mol. The van der Waals surface area contributed by atoms with Crippen molar-refractivity contribution in [2.24, 2.45) is 5.92 Å². The summed E-state index contributed by atoms with van der Waals surface area (Å²) in [5.41, 5.74) is 1.63. The third-order valence-electron chi connectivity index (χ3n) is 3.83. The Balaban J connectivity index is 2.03. The van der Waals surface area contributed by atoms with Crippen LogP contribution in [0.1, 0.15) is 51.5 Å². The molecule has 2 atom stereocenters. The van der Waals surface area contributed by atoms with Gasteiger partial charge in [0.05, 0.1) is 0 Å². The second-order valence-corrected chi connectivity index (χ2v) is 6.92. The van der Waals surface area contributed by atoms with Gasteiger partial charge in [0.1, 0.15) is 0 Å². The molecule has 1 aliphatic carbocycles. The molecule has 1 aliphatic rings. The summed E-state index contributed by atoms with van der Waals surface area (Å²) in [6, 6.07) is 8.40. The molecule has 2 rings (SSSR count). The Morgan fingerprint density at radius 1 is 1.28 bits per heavy atom. The monoisotopic (exact) mass is 265 g/mol. The van der Waals surface area contributed by atoms with Gasteiger partial charge in [-0.2, -0.15) is 0 Å². The second-order valence-electron chi connectivity index (χ2n) is 6.48. The van der Waals surface area contributed by atoms with Gasteiger partial charge in [0.25, 0.3) is 0 Å². The maximum absolute atomic E-state index is 6.11. The lowest BCUT2D eigenvalue weighted by Gasteiger charge is -2.26. The number of rotatable bonds is 3. The summed E-state index contributed by atoms with van der Waals surface area (Å²) in [4.78, 5) is 0. The maximum Gasteiger partial charge on any atom is 0.0408 e. The van der Waals surface area contributed by atoms with Crippen molar-refractivity contribution in [1.29, 1.82) is 0 Å². The van der Waals surface area contributed by atoms with E-state index in [4.69, 9.17) is 11.6 Å². The van der Waals surface area contributed by atoms with E-state index in [0.717, 1.165) is 17.5 Å². The highest BCUT2D eigenvalue weighted by Gasteiger charge is 2.29. The first kappa shape index (κ1) is 13.9. The highest BCUT2D eigenvalue weighted by atomic mass is 35.5. The smallest absolute Gasteiger partial charge is 0.0408 e. The molecule has 2 heteroatoms. The van der Waals surface area contributed by atoms with Crippen molar-refractivity contribution >= 4 is 11.6 Å². The fourth-order valence-electron chi connectivity index (χ4n) is 2.89. The third-order valence-corrected chi connectivity index (χ3v) is 4.07. The van der Waals surface area contributed by atoms with Crippen molar-refractivity contribution in [2.75, 3.05) is 6.54 Å². The van der Waals surface area contributed by atoms with Crippen LogP contribution in [-0.2, 0) is 0 Å². The van der Waals surface area contributed by atoms with Gasteiger partial charge in [-0.05, 0) is 69.7 Å². The normalized spacial score (nSPS) is 24.4. The summed E-state index contributed by atoms with van der Waals surface area (Å²) in [5, 5.41) is 4.51. The molecule has 0 bridgehead atoms. The van der Waals surface area contributed by atoms with Crippen LogP contribution in [0.25, 0.3) is 0 Å². The minimum absolute atomic E-state index is 0.210. The van der Waals surface area contributed by atoms with E-state index in [1.807, 2.05) is 6.07 Å². The molecule has 0 heterocycles. The summed E-state index contributed by atoms with van der Waals surface area (Å²) < 4.78 is 0. The van der Waals surface area contributed by atoms with Crippen LogP contribution in [0.3, 0.4) is 0 Å². The van der Waals surface area contributed by atoms with Crippen molar-refractivity contribution in [2.45, 2.75) is 51.5 Å². The molecule has 1 fully saturated rings. The molecule has 100 valence electrons. The van der Waals surface area contributed by atoms with Gasteiger partial charge >= 0.3 is 0 Å². The lowest BCUT2D eigenvalue weighted by atomic mass is 9.88. The molecule has 0 amide bonds. The summed E-state index contributed by atoms with van der Waals surface area (Å²) in [5.74, 6) is 1.43. The zero-order chi connectivity index (χ0) is 13.2. The van der Waals surface area contributed by atoms with Gasteiger partial charge in [0.15, 0.2) is 0 Å². The van der Waals surface area contributed by atoms with E-state index >= 15 is 0 Å². The lowest BCUT2D eigenvalue weighted by molar-refractivity contribution is 0.356. The Labute approximate surface area is 116 Å². The fourth-order valence-corrected chi connectivity index (χ4v) is 3.09. The highest BCUT2D eigenvalue weighted by Crippen LogP contribution is 2.40. The molecule has 1 nitrogen and oxygen atoms in total. The topological polar surface area (TPSA) is 12.0 Å². The lowest BCUT2D eigenvalue weighted by Crippen LogP contribution is -2.39. The van der Waals surface area contributed by atoms with Gasteiger partial charge < -0.3 is 5.32 Å². The van der Waals surface area contributed by atoms with Crippen LogP contribution in [0.2, 0.25) is 5.02 Å². The van der Waals surface area contributed by atoms with Crippen LogP contribution in [-0.4, -0.2) is 12.1 Å². The Hall–Kier alpha value is -0.530. The number of hydrogen-bond acceptors (Lipinski definition) is 1. The van der Waals surface area contributed by atoms with Crippen LogP contribution in [0.5, 0.6) is 0 Å². The van der Waals surface area contributed by atoms with E-state index < -0.39 is 0 Å². The molecular weight excluding hydrogens is 242 g/mol. The molecule has 0 aromatic heterocycles. The van der Waals surface area contributed by atoms with E-state index in [-0.39, 0.29) is 5.54 Å². The third kappa shape index (κ3) is 3.73. The zero-order valence-electron chi connectivity index (χ0n) is 11.7. The molecule has 1 N–H and O–H groups in total. The Morgan fingerprint density at radius 3 is 2.72 bits per heavy atom. The number of benzene rings is 1. The van der Waals surface area contributed by atoms with Crippen LogP contribution < -0.4 is 5.32 Å². The van der Waals surface area contributed by atoms with Gasteiger partial charge in [-0.25, -0.2) is 0 Å². The van der Waals surface area contributed by atoms with E-state index in [0.29, 0.717) is 5.92 Å². The van der Waals surface area contributed by atoms with E-state index in [1.165, 1.54) is 24.8 Å². The van der Waals surface area contributed by atoms with E-state index in [2.05, 4.69) is 44.3 Å². The SMILES string of the molecule is CC(C)(C)NCC1CCCC1c1cccc(Cl)c1. The van der Waals surface area contributed by atoms with Crippen LogP contribution in [0, 0.1) is 5.92 Å². The molecule has 0 radical (unpaired) electrons. The van der Waals surface area contributed by atoms with Gasteiger partial charge in [-0.15, -0.1) is 0 Å². The van der Waals surface area contributed by atoms with Crippen LogP contribution in [0.15, 0.2) is 24.3 Å². The van der Waals surface area contributed by atoms with Crippen molar-refractivity contribution in [1.82, 2.24) is 5.32 Å².